The number of amides is 1. The highest BCUT2D eigenvalue weighted by Crippen LogP contribution is 2.29. The Labute approximate surface area is 112 Å². The van der Waals surface area contributed by atoms with Crippen molar-refractivity contribution < 1.29 is 9.53 Å². The molecule has 1 aromatic heterocycles. The van der Waals surface area contributed by atoms with E-state index in [4.69, 9.17) is 10.5 Å². The first-order chi connectivity index (χ1) is 8.86. The summed E-state index contributed by atoms with van der Waals surface area (Å²) in [6, 6.07) is 1.69. The van der Waals surface area contributed by atoms with Gasteiger partial charge < -0.3 is 20.3 Å². The molecule has 19 heavy (non-hydrogen) atoms. The number of carbonyl (C=O) groups is 1. The number of ether oxygens (including phenoxy) is 1. The van der Waals surface area contributed by atoms with Gasteiger partial charge in [0.2, 0.25) is 17.7 Å². The zero-order valence-electron chi connectivity index (χ0n) is 11.7. The molecule has 0 saturated carbocycles. The Morgan fingerprint density at radius 2 is 2.05 bits per heavy atom. The van der Waals surface area contributed by atoms with E-state index in [9.17, 15) is 4.79 Å². The fraction of sp³-hybridized carbons (Fsp3) is 0.583. The molecule has 0 unspecified atom stereocenters. The molecular formula is C12H19N5O2. The molecule has 2 rings (SSSR count). The maximum atomic E-state index is 12.2. The van der Waals surface area contributed by atoms with E-state index in [-0.39, 0.29) is 11.9 Å². The number of rotatable bonds is 2. The summed E-state index contributed by atoms with van der Waals surface area (Å²) in [5.74, 6) is 1.19. The number of hydrogen-bond donors (Lipinski definition) is 1. The van der Waals surface area contributed by atoms with Crippen molar-refractivity contribution in [1.29, 1.82) is 0 Å². The molecule has 2 heterocycles. The van der Waals surface area contributed by atoms with Crippen LogP contribution in [0.15, 0.2) is 6.07 Å². The van der Waals surface area contributed by atoms with Crippen LogP contribution in [0.5, 0.6) is 5.88 Å². The number of nitrogens with two attached hydrogens (primary N) is 1. The fourth-order valence-corrected chi connectivity index (χ4v) is 2.29. The average Bonchev–Trinajstić information content (AvgIpc) is 2.35. The number of piperazine rings is 1. The minimum atomic E-state index is -0.668. The molecule has 0 radical (unpaired) electrons. The van der Waals surface area contributed by atoms with Gasteiger partial charge in [-0.1, -0.05) is 0 Å². The van der Waals surface area contributed by atoms with Crippen LogP contribution >= 0.6 is 0 Å². The third-order valence-electron chi connectivity index (χ3n) is 3.40. The van der Waals surface area contributed by atoms with Gasteiger partial charge in [0.1, 0.15) is 11.4 Å². The zero-order chi connectivity index (χ0) is 14.2. The third kappa shape index (κ3) is 2.27. The number of hydrogen-bond acceptors (Lipinski definition) is 6. The van der Waals surface area contributed by atoms with Gasteiger partial charge in [-0.05, 0) is 13.8 Å². The Kier molecular flexibility index (Phi) is 3.21. The van der Waals surface area contributed by atoms with Crippen molar-refractivity contribution in [2.75, 3.05) is 37.9 Å². The Bertz CT molecular complexity index is 503. The van der Waals surface area contributed by atoms with Gasteiger partial charge in [0.15, 0.2) is 0 Å². The molecule has 0 aliphatic carbocycles. The van der Waals surface area contributed by atoms with Crippen LogP contribution in [-0.4, -0.2) is 53.6 Å². The predicted octanol–water partition coefficient (Wildman–Crippen LogP) is 0.124. The Balaban J connectivity index is 2.41. The number of likely N-dealkylation sites (N-methyl/N-ethyl adjacent to an activating group) is 1. The van der Waals surface area contributed by atoms with Gasteiger partial charge in [0.25, 0.3) is 0 Å². The van der Waals surface area contributed by atoms with E-state index in [0.717, 1.165) is 0 Å². The van der Waals surface area contributed by atoms with Crippen molar-refractivity contribution in [1.82, 2.24) is 14.9 Å². The van der Waals surface area contributed by atoms with Gasteiger partial charge >= 0.3 is 0 Å². The highest BCUT2D eigenvalue weighted by Gasteiger charge is 2.41. The Morgan fingerprint density at radius 3 is 2.68 bits per heavy atom. The number of carbonyl (C=O) groups excluding carboxylic acids is 1. The molecular weight excluding hydrogens is 246 g/mol. The van der Waals surface area contributed by atoms with Crippen molar-refractivity contribution in [2.45, 2.75) is 19.4 Å². The molecule has 0 spiro atoms. The number of nitrogen functional groups attached to an aromatic ring is 1. The highest BCUT2D eigenvalue weighted by molar-refractivity contribution is 5.90. The summed E-state index contributed by atoms with van der Waals surface area (Å²) in [5, 5.41) is 0. The average molecular weight is 265 g/mol. The molecule has 7 heteroatoms. The van der Waals surface area contributed by atoms with Gasteiger partial charge in [-0.25, -0.2) is 0 Å². The van der Waals surface area contributed by atoms with Crippen LogP contribution in [-0.2, 0) is 4.79 Å². The molecule has 104 valence electrons. The first-order valence-corrected chi connectivity index (χ1v) is 6.08. The van der Waals surface area contributed by atoms with Crippen molar-refractivity contribution in [2.24, 2.45) is 0 Å². The molecule has 1 fully saturated rings. The second kappa shape index (κ2) is 4.56. The largest absolute Gasteiger partial charge is 0.481 e. The van der Waals surface area contributed by atoms with Crippen LogP contribution in [0.3, 0.4) is 0 Å². The Morgan fingerprint density at radius 1 is 1.37 bits per heavy atom. The van der Waals surface area contributed by atoms with E-state index >= 15 is 0 Å². The van der Waals surface area contributed by atoms with E-state index in [1.165, 1.54) is 7.11 Å². The van der Waals surface area contributed by atoms with E-state index in [1.54, 1.807) is 18.0 Å². The maximum Gasteiger partial charge on any atom is 0.247 e. The molecule has 0 bridgehead atoms. The summed E-state index contributed by atoms with van der Waals surface area (Å²) < 4.78 is 5.09. The standard InChI is InChI=1S/C12H19N5O2/c1-12(2)10(18)16(3)5-6-17(12)8-7-9(19-4)15-11(13)14-8/h7H,5-6H2,1-4H3,(H2,13,14,15). The van der Waals surface area contributed by atoms with Crippen molar-refractivity contribution >= 4 is 17.7 Å². The normalized spacial score (nSPS) is 18.6. The lowest BCUT2D eigenvalue weighted by Crippen LogP contribution is -2.62. The van der Waals surface area contributed by atoms with E-state index in [1.807, 2.05) is 18.7 Å². The third-order valence-corrected chi connectivity index (χ3v) is 3.40. The minimum Gasteiger partial charge on any atom is -0.481 e. The molecule has 2 N–H and O–H groups in total. The second-order valence-corrected chi connectivity index (χ2v) is 5.06. The topological polar surface area (TPSA) is 84.6 Å². The van der Waals surface area contributed by atoms with Crippen LogP contribution in [0.25, 0.3) is 0 Å². The highest BCUT2D eigenvalue weighted by atomic mass is 16.5. The van der Waals surface area contributed by atoms with E-state index < -0.39 is 5.54 Å². The number of aromatic nitrogens is 2. The van der Waals surface area contributed by atoms with E-state index in [0.29, 0.717) is 24.8 Å². The summed E-state index contributed by atoms with van der Waals surface area (Å²) in [4.78, 5) is 24.0. The molecule has 1 aromatic rings. The van der Waals surface area contributed by atoms with Crippen LogP contribution in [0.2, 0.25) is 0 Å². The van der Waals surface area contributed by atoms with Crippen molar-refractivity contribution in [3.05, 3.63) is 6.07 Å². The summed E-state index contributed by atoms with van der Waals surface area (Å²) in [6.45, 7) is 5.08. The molecule has 1 saturated heterocycles. The van der Waals surface area contributed by atoms with Crippen molar-refractivity contribution in [3.63, 3.8) is 0 Å². The van der Waals surface area contributed by atoms with Crippen LogP contribution < -0.4 is 15.4 Å². The van der Waals surface area contributed by atoms with Crippen LogP contribution in [0.1, 0.15) is 13.8 Å². The monoisotopic (exact) mass is 265 g/mol. The lowest BCUT2D eigenvalue weighted by atomic mass is 9.98. The summed E-state index contributed by atoms with van der Waals surface area (Å²) in [6.07, 6.45) is 0. The molecule has 0 aromatic carbocycles. The maximum absolute atomic E-state index is 12.2. The first-order valence-electron chi connectivity index (χ1n) is 6.08. The number of anilines is 2. The van der Waals surface area contributed by atoms with Gasteiger partial charge in [-0.15, -0.1) is 0 Å². The summed E-state index contributed by atoms with van der Waals surface area (Å²) in [7, 11) is 3.32. The molecule has 1 aliphatic heterocycles. The summed E-state index contributed by atoms with van der Waals surface area (Å²) in [5.41, 5.74) is 5.00. The van der Waals surface area contributed by atoms with E-state index in [2.05, 4.69) is 9.97 Å². The minimum absolute atomic E-state index is 0.0508. The molecule has 1 aliphatic rings. The second-order valence-electron chi connectivity index (χ2n) is 5.06. The number of nitrogens with zero attached hydrogens (tertiary/aromatic N) is 4. The van der Waals surface area contributed by atoms with Gasteiger partial charge in [-0.2, -0.15) is 9.97 Å². The molecule has 1 amide bonds. The number of methoxy groups -OCH3 is 1. The van der Waals surface area contributed by atoms with Gasteiger partial charge in [0.05, 0.1) is 7.11 Å². The smallest absolute Gasteiger partial charge is 0.247 e. The van der Waals surface area contributed by atoms with Gasteiger partial charge in [0, 0.05) is 26.2 Å². The quantitative estimate of drug-likeness (QED) is 0.818. The lowest BCUT2D eigenvalue weighted by molar-refractivity contribution is -0.136. The van der Waals surface area contributed by atoms with Crippen molar-refractivity contribution in [3.8, 4) is 5.88 Å². The van der Waals surface area contributed by atoms with Gasteiger partial charge in [-0.3, -0.25) is 4.79 Å². The lowest BCUT2D eigenvalue weighted by Gasteiger charge is -2.45. The predicted molar refractivity (Wildman–Crippen MR) is 72.1 cm³/mol. The molecule has 7 nitrogen and oxygen atoms in total. The van der Waals surface area contributed by atoms with Crippen LogP contribution in [0, 0.1) is 0 Å². The first kappa shape index (κ1) is 13.4. The zero-order valence-corrected chi connectivity index (χ0v) is 11.7. The molecule has 0 atom stereocenters. The summed E-state index contributed by atoms with van der Waals surface area (Å²) >= 11 is 0. The van der Waals surface area contributed by atoms with Crippen LogP contribution in [0.4, 0.5) is 11.8 Å². The Hall–Kier alpha value is -2.05. The fourth-order valence-electron chi connectivity index (χ4n) is 2.29. The SMILES string of the molecule is COc1cc(N2CCN(C)C(=O)C2(C)C)nc(N)n1.